The number of nitriles is 1. The molecule has 184 valence electrons. The van der Waals surface area contributed by atoms with Crippen LogP contribution in [-0.2, 0) is 11.0 Å². The Morgan fingerprint density at radius 3 is 2.49 bits per heavy atom. The van der Waals surface area contributed by atoms with E-state index >= 15 is 0 Å². The predicted octanol–water partition coefficient (Wildman–Crippen LogP) is 3.57. The highest BCUT2D eigenvalue weighted by molar-refractivity contribution is 5.98. The lowest BCUT2D eigenvalue weighted by Gasteiger charge is -2.40. The van der Waals surface area contributed by atoms with Crippen molar-refractivity contribution in [2.45, 2.75) is 31.5 Å². The molecule has 2 heterocycles. The number of methoxy groups -OCH3 is 1. The zero-order valence-electron chi connectivity index (χ0n) is 19.1. The van der Waals surface area contributed by atoms with Gasteiger partial charge in [0, 0.05) is 30.9 Å². The van der Waals surface area contributed by atoms with Crippen LogP contribution < -0.4 is 15.4 Å². The fourth-order valence-electron chi connectivity index (χ4n) is 5.11. The van der Waals surface area contributed by atoms with Crippen molar-refractivity contribution in [2.75, 3.05) is 31.6 Å². The van der Waals surface area contributed by atoms with Crippen molar-refractivity contribution in [1.29, 1.82) is 5.26 Å². The van der Waals surface area contributed by atoms with Gasteiger partial charge in [-0.25, -0.2) is 0 Å². The summed E-state index contributed by atoms with van der Waals surface area (Å²) in [5.74, 6) is -0.370. The van der Waals surface area contributed by atoms with E-state index < -0.39 is 29.3 Å². The molecule has 35 heavy (non-hydrogen) atoms. The number of rotatable bonds is 4. The molecule has 10 heteroatoms. The summed E-state index contributed by atoms with van der Waals surface area (Å²) < 4.78 is 45.4. The molecule has 7 nitrogen and oxygen atoms in total. The lowest BCUT2D eigenvalue weighted by atomic mass is 9.76. The van der Waals surface area contributed by atoms with Gasteiger partial charge in [0.1, 0.15) is 11.8 Å². The fourth-order valence-corrected chi connectivity index (χ4v) is 5.11. The molecular weight excluding hydrogens is 461 g/mol. The van der Waals surface area contributed by atoms with E-state index in [0.29, 0.717) is 55.9 Å². The normalized spacial score (nSPS) is 19.5. The van der Waals surface area contributed by atoms with Crippen LogP contribution in [0.1, 0.15) is 40.7 Å². The van der Waals surface area contributed by atoms with Crippen LogP contribution in [0, 0.1) is 16.7 Å². The van der Waals surface area contributed by atoms with Crippen LogP contribution in [0.4, 0.5) is 18.9 Å². The van der Waals surface area contributed by atoms with Crippen LogP contribution >= 0.6 is 0 Å². The first-order valence-corrected chi connectivity index (χ1v) is 11.2. The monoisotopic (exact) mass is 486 g/mol. The molecule has 4 rings (SSSR count). The third-order valence-electron chi connectivity index (χ3n) is 7.03. The summed E-state index contributed by atoms with van der Waals surface area (Å²) in [5, 5.41) is 9.03. The highest BCUT2D eigenvalue weighted by Gasteiger charge is 2.49. The van der Waals surface area contributed by atoms with Gasteiger partial charge in [-0.2, -0.15) is 18.4 Å². The van der Waals surface area contributed by atoms with Gasteiger partial charge in [0.05, 0.1) is 24.3 Å². The van der Waals surface area contributed by atoms with Crippen molar-refractivity contribution in [2.24, 2.45) is 11.1 Å². The fraction of sp³-hybridized carbons (Fsp3) is 0.400. The number of alkyl halides is 3. The summed E-state index contributed by atoms with van der Waals surface area (Å²) in [6.07, 6.45) is -3.05. The second-order valence-electron chi connectivity index (χ2n) is 9.11. The number of carbonyl (C=O) groups excluding carboxylic acids is 2. The molecule has 0 bridgehead atoms. The van der Waals surface area contributed by atoms with E-state index in [9.17, 15) is 22.8 Å². The number of primary amides is 1. The molecule has 0 aliphatic carbocycles. The number of anilines is 1. The second kappa shape index (κ2) is 9.13. The Labute approximate surface area is 200 Å². The van der Waals surface area contributed by atoms with Gasteiger partial charge >= 0.3 is 6.18 Å². The summed E-state index contributed by atoms with van der Waals surface area (Å²) in [5.41, 5.74) is 4.70. The number of carbonyl (C=O) groups is 2. The summed E-state index contributed by atoms with van der Waals surface area (Å²) in [6.45, 7) is 1.25. The van der Waals surface area contributed by atoms with Gasteiger partial charge in [-0.3, -0.25) is 9.59 Å². The lowest BCUT2D eigenvalue weighted by Crippen LogP contribution is -2.44. The van der Waals surface area contributed by atoms with Crippen LogP contribution in [0.15, 0.2) is 42.5 Å². The molecule has 2 aromatic carbocycles. The first kappa shape index (κ1) is 24.4. The number of halogens is 3. The molecule has 2 N–H and O–H groups in total. The van der Waals surface area contributed by atoms with Gasteiger partial charge in [-0.05, 0) is 61.1 Å². The van der Waals surface area contributed by atoms with Gasteiger partial charge in [0.15, 0.2) is 0 Å². The number of amides is 2. The second-order valence-corrected chi connectivity index (χ2v) is 9.11. The zero-order chi connectivity index (χ0) is 25.4. The summed E-state index contributed by atoms with van der Waals surface area (Å²) in [7, 11) is 1.50. The van der Waals surface area contributed by atoms with Crippen molar-refractivity contribution < 1.29 is 27.5 Å². The molecule has 0 aromatic heterocycles. The lowest BCUT2D eigenvalue weighted by molar-refractivity contribution is -0.137. The Morgan fingerprint density at radius 2 is 1.89 bits per heavy atom. The number of ether oxygens (including phenoxy) is 1. The molecule has 2 fully saturated rings. The van der Waals surface area contributed by atoms with E-state index in [0.717, 1.165) is 6.07 Å². The quantitative estimate of drug-likeness (QED) is 0.712. The molecule has 0 saturated carbocycles. The minimum atomic E-state index is -4.63. The van der Waals surface area contributed by atoms with Crippen LogP contribution in [0.2, 0.25) is 0 Å². The molecule has 2 saturated heterocycles. The first-order valence-electron chi connectivity index (χ1n) is 11.2. The minimum absolute atomic E-state index is 0.311. The predicted molar refractivity (Wildman–Crippen MR) is 122 cm³/mol. The number of benzene rings is 2. The van der Waals surface area contributed by atoms with Gasteiger partial charge in [-0.15, -0.1) is 0 Å². The van der Waals surface area contributed by atoms with E-state index in [1.165, 1.54) is 24.1 Å². The minimum Gasteiger partial charge on any atom is -0.497 e. The Hall–Kier alpha value is -3.74. The van der Waals surface area contributed by atoms with Crippen LogP contribution in [0.3, 0.4) is 0 Å². The van der Waals surface area contributed by atoms with E-state index in [2.05, 4.69) is 0 Å². The third kappa shape index (κ3) is 4.76. The SMILES string of the molecule is COc1cccc(C(=O)N2CC3(CCN(c4ccc(C#N)c(C(F)(F)F)c4)CC3)CC2C(N)=O)c1. The molecule has 2 amide bonds. The molecule has 1 atom stereocenters. The number of nitrogens with zero attached hydrogens (tertiary/aromatic N) is 3. The number of hydrogen-bond donors (Lipinski definition) is 1. The molecule has 1 unspecified atom stereocenters. The number of hydrogen-bond acceptors (Lipinski definition) is 5. The van der Waals surface area contributed by atoms with Gasteiger partial charge in [0.2, 0.25) is 5.91 Å². The number of piperidine rings is 1. The van der Waals surface area contributed by atoms with Gasteiger partial charge in [-0.1, -0.05) is 6.07 Å². The average Bonchev–Trinajstić information content (AvgIpc) is 3.22. The number of likely N-dealkylation sites (tertiary alicyclic amines) is 1. The van der Waals surface area contributed by atoms with Crippen LogP contribution in [0.25, 0.3) is 0 Å². The van der Waals surface area contributed by atoms with E-state index in [1.54, 1.807) is 30.3 Å². The Kier molecular flexibility index (Phi) is 6.36. The first-order chi connectivity index (χ1) is 16.6. The highest BCUT2D eigenvalue weighted by Crippen LogP contribution is 2.45. The maximum absolute atomic E-state index is 13.4. The molecule has 2 aliphatic rings. The van der Waals surface area contributed by atoms with E-state index in [-0.39, 0.29) is 11.3 Å². The molecule has 0 radical (unpaired) electrons. The average molecular weight is 486 g/mol. The van der Waals surface area contributed by atoms with Crippen molar-refractivity contribution in [1.82, 2.24) is 4.90 Å². The maximum atomic E-state index is 13.4. The molecule has 1 spiro atoms. The Balaban J connectivity index is 1.52. The summed E-state index contributed by atoms with van der Waals surface area (Å²) >= 11 is 0. The summed E-state index contributed by atoms with van der Waals surface area (Å²) in [6, 6.07) is 11.2. The number of nitrogens with two attached hydrogens (primary N) is 1. The largest absolute Gasteiger partial charge is 0.497 e. The van der Waals surface area contributed by atoms with Crippen molar-refractivity contribution in [3.05, 3.63) is 59.2 Å². The summed E-state index contributed by atoms with van der Waals surface area (Å²) in [4.78, 5) is 28.8. The maximum Gasteiger partial charge on any atom is 0.417 e. The van der Waals surface area contributed by atoms with E-state index in [1.807, 2.05) is 4.90 Å². The van der Waals surface area contributed by atoms with Gasteiger partial charge in [0.25, 0.3) is 5.91 Å². The topological polar surface area (TPSA) is 99.7 Å². The molecule has 2 aromatic rings. The van der Waals surface area contributed by atoms with Crippen LogP contribution in [-0.4, -0.2) is 49.5 Å². The van der Waals surface area contributed by atoms with Gasteiger partial charge < -0.3 is 20.3 Å². The molecular formula is C25H25F3N4O3. The third-order valence-corrected chi connectivity index (χ3v) is 7.03. The zero-order valence-corrected chi connectivity index (χ0v) is 19.1. The van der Waals surface area contributed by atoms with Crippen molar-refractivity contribution >= 4 is 17.5 Å². The van der Waals surface area contributed by atoms with Crippen molar-refractivity contribution in [3.8, 4) is 11.8 Å². The molecule has 2 aliphatic heterocycles. The van der Waals surface area contributed by atoms with E-state index in [4.69, 9.17) is 15.7 Å². The standard InChI is InChI=1S/C25H25F3N4O3/c1-35-19-4-2-3-16(11-19)23(34)32-15-24(13-21(32)22(30)33)7-9-31(10-8-24)18-6-5-17(14-29)20(12-18)25(26,27)28/h2-6,11-12,21H,7-10,13,15H2,1H3,(H2,30,33). The highest BCUT2D eigenvalue weighted by atomic mass is 19.4. The Morgan fingerprint density at radius 1 is 1.17 bits per heavy atom. The smallest absolute Gasteiger partial charge is 0.417 e. The van der Waals surface area contributed by atoms with Crippen LogP contribution in [0.5, 0.6) is 5.75 Å². The van der Waals surface area contributed by atoms with Crippen molar-refractivity contribution in [3.63, 3.8) is 0 Å². The Bertz CT molecular complexity index is 1180.